The normalized spacial score (nSPS) is 11.5. The standard InChI is InChI=1S/C13H8ClF2NO2S/c1-7(12-3-2-4-20-12)17-19-13(18)8-5-10(15)11(16)6-9(8)14/h2-6H,1H3/b17-7-. The van der Waals surface area contributed by atoms with Gasteiger partial charge in [-0.1, -0.05) is 22.8 Å². The second-order valence-corrected chi connectivity index (χ2v) is 5.13. The van der Waals surface area contributed by atoms with Gasteiger partial charge in [-0.15, -0.1) is 11.3 Å². The summed E-state index contributed by atoms with van der Waals surface area (Å²) in [5, 5.41) is 5.25. The second kappa shape index (κ2) is 6.11. The average molecular weight is 316 g/mol. The molecule has 0 atom stereocenters. The minimum atomic E-state index is -1.18. The van der Waals surface area contributed by atoms with Crippen LogP contribution < -0.4 is 0 Å². The molecule has 0 bridgehead atoms. The van der Waals surface area contributed by atoms with Crippen LogP contribution >= 0.6 is 22.9 Å². The third-order valence-corrected chi connectivity index (χ3v) is 3.66. The lowest BCUT2D eigenvalue weighted by Gasteiger charge is -2.03. The van der Waals surface area contributed by atoms with Crippen LogP contribution in [-0.4, -0.2) is 11.7 Å². The number of hydrogen-bond donors (Lipinski definition) is 0. The van der Waals surface area contributed by atoms with Gasteiger partial charge in [-0.25, -0.2) is 13.6 Å². The molecule has 0 amide bonds. The lowest BCUT2D eigenvalue weighted by Crippen LogP contribution is -2.05. The summed E-state index contributed by atoms with van der Waals surface area (Å²) < 4.78 is 26.0. The van der Waals surface area contributed by atoms with E-state index in [-0.39, 0.29) is 10.6 Å². The van der Waals surface area contributed by atoms with E-state index in [1.165, 1.54) is 11.3 Å². The molecule has 0 aliphatic rings. The van der Waals surface area contributed by atoms with E-state index in [9.17, 15) is 13.6 Å². The molecule has 3 nitrogen and oxygen atoms in total. The third kappa shape index (κ3) is 3.20. The first-order valence-electron chi connectivity index (χ1n) is 5.43. The van der Waals surface area contributed by atoms with Crippen LogP contribution in [0.3, 0.4) is 0 Å². The van der Waals surface area contributed by atoms with Gasteiger partial charge in [-0.2, -0.15) is 0 Å². The third-order valence-electron chi connectivity index (χ3n) is 2.37. The Morgan fingerprint density at radius 2 is 2.05 bits per heavy atom. The highest BCUT2D eigenvalue weighted by Crippen LogP contribution is 2.21. The topological polar surface area (TPSA) is 38.7 Å². The van der Waals surface area contributed by atoms with E-state index in [1.54, 1.807) is 6.92 Å². The molecular weight excluding hydrogens is 308 g/mol. The molecule has 0 spiro atoms. The Bertz CT molecular complexity index is 671. The van der Waals surface area contributed by atoms with Gasteiger partial charge in [0.1, 0.15) is 0 Å². The summed E-state index contributed by atoms with van der Waals surface area (Å²) >= 11 is 7.09. The van der Waals surface area contributed by atoms with Crippen LogP contribution in [0.5, 0.6) is 0 Å². The molecule has 2 aromatic rings. The van der Waals surface area contributed by atoms with Gasteiger partial charge in [0.15, 0.2) is 11.6 Å². The van der Waals surface area contributed by atoms with E-state index in [0.29, 0.717) is 17.8 Å². The first-order chi connectivity index (χ1) is 9.49. The highest BCUT2D eigenvalue weighted by Gasteiger charge is 2.16. The van der Waals surface area contributed by atoms with Gasteiger partial charge in [0, 0.05) is 0 Å². The van der Waals surface area contributed by atoms with E-state index in [1.807, 2.05) is 17.5 Å². The van der Waals surface area contributed by atoms with Crippen LogP contribution in [0.25, 0.3) is 0 Å². The Labute approximate surface area is 122 Å². The lowest BCUT2D eigenvalue weighted by molar-refractivity contribution is 0.0516. The Morgan fingerprint density at radius 1 is 1.35 bits per heavy atom. The zero-order valence-electron chi connectivity index (χ0n) is 10.2. The van der Waals surface area contributed by atoms with Gasteiger partial charge in [0.2, 0.25) is 0 Å². The molecule has 7 heteroatoms. The fourth-order valence-corrected chi connectivity index (χ4v) is 2.26. The minimum Gasteiger partial charge on any atom is -0.312 e. The molecule has 0 aliphatic carbocycles. The van der Waals surface area contributed by atoms with Crippen molar-refractivity contribution in [3.05, 3.63) is 56.7 Å². The molecule has 20 heavy (non-hydrogen) atoms. The van der Waals surface area contributed by atoms with Crippen molar-refractivity contribution in [1.82, 2.24) is 0 Å². The quantitative estimate of drug-likeness (QED) is 0.367. The van der Waals surface area contributed by atoms with E-state index in [4.69, 9.17) is 11.6 Å². The summed E-state index contributed by atoms with van der Waals surface area (Å²) in [4.78, 5) is 17.2. The highest BCUT2D eigenvalue weighted by atomic mass is 35.5. The van der Waals surface area contributed by atoms with Crippen molar-refractivity contribution in [3.8, 4) is 0 Å². The largest absolute Gasteiger partial charge is 0.367 e. The maximum atomic E-state index is 13.1. The molecule has 0 aliphatic heterocycles. The van der Waals surface area contributed by atoms with E-state index in [2.05, 4.69) is 9.99 Å². The van der Waals surface area contributed by atoms with Crippen LogP contribution in [0.15, 0.2) is 34.8 Å². The predicted molar refractivity (Wildman–Crippen MR) is 73.3 cm³/mol. The molecule has 0 saturated carbocycles. The van der Waals surface area contributed by atoms with Crippen molar-refractivity contribution in [2.75, 3.05) is 0 Å². The van der Waals surface area contributed by atoms with E-state index >= 15 is 0 Å². The van der Waals surface area contributed by atoms with Crippen molar-refractivity contribution in [1.29, 1.82) is 0 Å². The summed E-state index contributed by atoms with van der Waals surface area (Å²) in [6, 6.07) is 5.02. The highest BCUT2D eigenvalue weighted by molar-refractivity contribution is 7.12. The number of hydrogen-bond acceptors (Lipinski definition) is 4. The Morgan fingerprint density at radius 3 is 2.70 bits per heavy atom. The predicted octanol–water partition coefficient (Wildman–Crippen LogP) is 4.26. The molecule has 1 aromatic heterocycles. The molecule has 2 rings (SSSR count). The summed E-state index contributed by atoms with van der Waals surface area (Å²) in [6.45, 7) is 1.66. The summed E-state index contributed by atoms with van der Waals surface area (Å²) in [5.41, 5.74) is 0.209. The fraction of sp³-hybridized carbons (Fsp3) is 0.0769. The smallest absolute Gasteiger partial charge is 0.312 e. The van der Waals surface area contributed by atoms with Crippen molar-refractivity contribution < 1.29 is 18.4 Å². The number of oxime groups is 1. The Kier molecular flexibility index (Phi) is 4.46. The van der Waals surface area contributed by atoms with E-state index in [0.717, 1.165) is 4.88 Å². The van der Waals surface area contributed by atoms with Crippen molar-refractivity contribution >= 4 is 34.6 Å². The number of thiophene rings is 1. The molecule has 0 fully saturated rings. The van der Waals surface area contributed by atoms with Gasteiger partial charge in [-0.3, -0.25) is 0 Å². The second-order valence-electron chi connectivity index (χ2n) is 3.78. The first-order valence-corrected chi connectivity index (χ1v) is 6.69. The summed E-state index contributed by atoms with van der Waals surface area (Å²) in [6.07, 6.45) is 0. The van der Waals surface area contributed by atoms with Gasteiger partial charge >= 0.3 is 5.97 Å². The Balaban J connectivity index is 2.17. The zero-order valence-corrected chi connectivity index (χ0v) is 11.8. The zero-order chi connectivity index (χ0) is 14.7. The van der Waals surface area contributed by atoms with E-state index < -0.39 is 17.6 Å². The fourth-order valence-electron chi connectivity index (χ4n) is 1.37. The SMILES string of the molecule is C/C(=N/OC(=O)c1cc(F)c(F)cc1Cl)c1cccs1. The number of nitrogens with zero attached hydrogens (tertiary/aromatic N) is 1. The van der Waals surface area contributed by atoms with Gasteiger partial charge in [0.05, 0.1) is 21.2 Å². The molecular formula is C13H8ClF2NO2S. The maximum Gasteiger partial charge on any atom is 0.367 e. The number of carbonyl (C=O) groups is 1. The van der Waals surface area contributed by atoms with Crippen LogP contribution in [-0.2, 0) is 4.84 Å². The van der Waals surface area contributed by atoms with Gasteiger partial charge in [-0.05, 0) is 30.5 Å². The molecule has 0 radical (unpaired) electrons. The lowest BCUT2D eigenvalue weighted by atomic mass is 10.2. The monoisotopic (exact) mass is 315 g/mol. The molecule has 1 aromatic carbocycles. The molecule has 0 unspecified atom stereocenters. The van der Waals surface area contributed by atoms with Crippen molar-refractivity contribution in [3.63, 3.8) is 0 Å². The van der Waals surface area contributed by atoms with Crippen LogP contribution in [0.2, 0.25) is 5.02 Å². The van der Waals surface area contributed by atoms with Crippen molar-refractivity contribution in [2.45, 2.75) is 6.92 Å². The first kappa shape index (κ1) is 14.6. The minimum absolute atomic E-state index is 0.238. The van der Waals surface area contributed by atoms with Crippen LogP contribution in [0, 0.1) is 11.6 Å². The number of halogens is 3. The van der Waals surface area contributed by atoms with Crippen LogP contribution in [0.1, 0.15) is 22.2 Å². The van der Waals surface area contributed by atoms with Gasteiger partial charge < -0.3 is 4.84 Å². The van der Waals surface area contributed by atoms with Gasteiger partial charge in [0.25, 0.3) is 0 Å². The number of benzene rings is 1. The molecule has 0 N–H and O–H groups in total. The average Bonchev–Trinajstić information content (AvgIpc) is 2.94. The Hall–Kier alpha value is -1.79. The molecule has 104 valence electrons. The maximum absolute atomic E-state index is 13.1. The van der Waals surface area contributed by atoms with Crippen LogP contribution in [0.4, 0.5) is 8.78 Å². The molecule has 0 saturated heterocycles. The summed E-state index contributed by atoms with van der Waals surface area (Å²) in [5.74, 6) is -3.27. The number of rotatable bonds is 3. The summed E-state index contributed by atoms with van der Waals surface area (Å²) in [7, 11) is 0. The molecule has 1 heterocycles. The van der Waals surface area contributed by atoms with Crippen molar-refractivity contribution in [2.24, 2.45) is 5.16 Å². The number of carbonyl (C=O) groups excluding carboxylic acids is 1.